The van der Waals surface area contributed by atoms with Crippen LogP contribution in [0.1, 0.15) is 19.4 Å². The van der Waals surface area contributed by atoms with Gasteiger partial charge in [-0.25, -0.2) is 4.98 Å². The molecule has 0 amide bonds. The zero-order chi connectivity index (χ0) is 10.8. The molecule has 76 valence electrons. The third-order valence-corrected chi connectivity index (χ3v) is 2.20. The van der Waals surface area contributed by atoms with Gasteiger partial charge in [0.05, 0.1) is 0 Å². The largest absolute Gasteiger partial charge is 0.362 e. The van der Waals surface area contributed by atoms with Crippen LogP contribution in [0.4, 0.5) is 5.82 Å². The molecular formula is C11H16N2O. The fourth-order valence-electron chi connectivity index (χ4n) is 1.32. The van der Waals surface area contributed by atoms with E-state index in [0.717, 1.165) is 17.7 Å². The fourth-order valence-corrected chi connectivity index (χ4v) is 1.32. The quantitative estimate of drug-likeness (QED) is 0.682. The van der Waals surface area contributed by atoms with Gasteiger partial charge in [-0.2, -0.15) is 0 Å². The third-order valence-electron chi connectivity index (χ3n) is 2.20. The molecule has 0 aliphatic rings. The molecule has 1 heterocycles. The monoisotopic (exact) mass is 192 g/mol. The number of nitrogens with zero attached hydrogens (tertiary/aromatic N) is 2. The van der Waals surface area contributed by atoms with Crippen LogP contribution in [0.2, 0.25) is 0 Å². The predicted octanol–water partition coefficient (Wildman–Crippen LogP) is 1.62. The van der Waals surface area contributed by atoms with Gasteiger partial charge >= 0.3 is 0 Å². The minimum absolute atomic E-state index is 0.478. The van der Waals surface area contributed by atoms with Crippen LogP contribution >= 0.6 is 0 Å². The van der Waals surface area contributed by atoms with Crippen LogP contribution in [0.3, 0.4) is 0 Å². The maximum atomic E-state index is 11.0. The molecular weight excluding hydrogens is 176 g/mol. The lowest BCUT2D eigenvalue weighted by Crippen LogP contribution is -2.24. The molecule has 0 fully saturated rings. The molecule has 0 saturated heterocycles. The van der Waals surface area contributed by atoms with Gasteiger partial charge in [-0.05, 0) is 19.9 Å². The van der Waals surface area contributed by atoms with Gasteiger partial charge in [0.1, 0.15) is 12.1 Å². The smallest absolute Gasteiger partial charge is 0.132 e. The lowest BCUT2D eigenvalue weighted by Gasteiger charge is -2.23. The molecule has 0 aromatic carbocycles. The van der Waals surface area contributed by atoms with Crippen molar-refractivity contribution >= 4 is 12.1 Å². The van der Waals surface area contributed by atoms with Gasteiger partial charge in [0, 0.05) is 31.3 Å². The number of rotatable bonds is 3. The number of pyridine rings is 1. The van der Waals surface area contributed by atoms with Crippen LogP contribution in [0.15, 0.2) is 18.3 Å². The molecule has 0 N–H and O–H groups in total. The number of aldehydes is 1. The highest BCUT2D eigenvalue weighted by Gasteiger charge is 2.24. The molecule has 1 aromatic heterocycles. The van der Waals surface area contributed by atoms with Crippen LogP contribution in [-0.2, 0) is 10.2 Å². The van der Waals surface area contributed by atoms with Crippen LogP contribution in [-0.4, -0.2) is 25.4 Å². The standard InChI is InChI=1S/C11H16N2O/c1-11(2,8-14)9-6-5-7-12-10(9)13(3)4/h5-8H,1-4H3. The van der Waals surface area contributed by atoms with Crippen molar-refractivity contribution in [2.24, 2.45) is 0 Å². The highest BCUT2D eigenvalue weighted by molar-refractivity contribution is 5.71. The average molecular weight is 192 g/mol. The second-order valence-corrected chi connectivity index (χ2v) is 4.11. The van der Waals surface area contributed by atoms with E-state index in [0.29, 0.717) is 0 Å². The summed E-state index contributed by atoms with van der Waals surface area (Å²) in [4.78, 5) is 17.1. The van der Waals surface area contributed by atoms with E-state index < -0.39 is 5.41 Å². The zero-order valence-electron chi connectivity index (χ0n) is 9.11. The lowest BCUT2D eigenvalue weighted by atomic mass is 9.86. The Kier molecular flexibility index (Phi) is 2.89. The SMILES string of the molecule is CN(C)c1ncccc1C(C)(C)C=O. The minimum Gasteiger partial charge on any atom is -0.362 e. The summed E-state index contributed by atoms with van der Waals surface area (Å²) in [5.74, 6) is 0.851. The number of carbonyl (C=O) groups excluding carboxylic acids is 1. The summed E-state index contributed by atoms with van der Waals surface area (Å²) in [5.41, 5.74) is 0.480. The molecule has 14 heavy (non-hydrogen) atoms. The summed E-state index contributed by atoms with van der Waals surface area (Å²) in [5, 5.41) is 0. The Balaban J connectivity index is 3.26. The maximum Gasteiger partial charge on any atom is 0.132 e. The normalized spacial score (nSPS) is 11.1. The second-order valence-electron chi connectivity index (χ2n) is 4.11. The van der Waals surface area contributed by atoms with Crippen LogP contribution in [0.25, 0.3) is 0 Å². The van der Waals surface area contributed by atoms with Crippen LogP contribution in [0.5, 0.6) is 0 Å². The first-order chi connectivity index (χ1) is 6.49. The summed E-state index contributed by atoms with van der Waals surface area (Å²) in [6.45, 7) is 3.79. The first-order valence-electron chi connectivity index (χ1n) is 4.58. The van der Waals surface area contributed by atoms with Gasteiger partial charge in [0.25, 0.3) is 0 Å². The highest BCUT2D eigenvalue weighted by Crippen LogP contribution is 2.27. The first-order valence-corrected chi connectivity index (χ1v) is 4.58. The molecule has 0 aliphatic carbocycles. The topological polar surface area (TPSA) is 33.2 Å². The molecule has 3 nitrogen and oxygen atoms in total. The van der Waals surface area contributed by atoms with Crippen LogP contribution in [0, 0.1) is 0 Å². The average Bonchev–Trinajstić information content (AvgIpc) is 2.18. The van der Waals surface area contributed by atoms with E-state index in [1.807, 2.05) is 45.0 Å². The number of anilines is 1. The molecule has 3 heteroatoms. The van der Waals surface area contributed by atoms with Gasteiger partial charge in [-0.1, -0.05) is 6.07 Å². The lowest BCUT2D eigenvalue weighted by molar-refractivity contribution is -0.111. The number of hydrogen-bond acceptors (Lipinski definition) is 3. The Morgan fingerprint density at radius 1 is 1.43 bits per heavy atom. The molecule has 0 aliphatic heterocycles. The third kappa shape index (κ3) is 1.92. The molecule has 0 bridgehead atoms. The summed E-state index contributed by atoms with van der Waals surface area (Å²) in [7, 11) is 3.85. The number of aromatic nitrogens is 1. The van der Waals surface area contributed by atoms with E-state index in [-0.39, 0.29) is 0 Å². The van der Waals surface area contributed by atoms with Crippen molar-refractivity contribution in [3.05, 3.63) is 23.9 Å². The van der Waals surface area contributed by atoms with Gasteiger partial charge in [-0.15, -0.1) is 0 Å². The molecule has 1 rings (SSSR count). The number of hydrogen-bond donors (Lipinski definition) is 0. The van der Waals surface area contributed by atoms with Crippen molar-refractivity contribution in [1.29, 1.82) is 0 Å². The molecule has 0 spiro atoms. The van der Waals surface area contributed by atoms with Crippen molar-refractivity contribution in [3.8, 4) is 0 Å². The van der Waals surface area contributed by atoms with Crippen molar-refractivity contribution < 1.29 is 4.79 Å². The van der Waals surface area contributed by atoms with Gasteiger partial charge < -0.3 is 9.69 Å². The van der Waals surface area contributed by atoms with E-state index in [1.54, 1.807) is 6.20 Å². The number of carbonyl (C=O) groups is 1. The summed E-state index contributed by atoms with van der Waals surface area (Å²) >= 11 is 0. The predicted molar refractivity (Wildman–Crippen MR) is 57.7 cm³/mol. The van der Waals surface area contributed by atoms with Crippen molar-refractivity contribution in [2.75, 3.05) is 19.0 Å². The Bertz CT molecular complexity index is 332. The van der Waals surface area contributed by atoms with Crippen molar-refractivity contribution in [1.82, 2.24) is 4.98 Å². The molecule has 0 saturated carbocycles. The van der Waals surface area contributed by atoms with Crippen molar-refractivity contribution in [3.63, 3.8) is 0 Å². The second kappa shape index (κ2) is 3.78. The van der Waals surface area contributed by atoms with E-state index in [1.165, 1.54) is 0 Å². The Morgan fingerprint density at radius 3 is 2.57 bits per heavy atom. The summed E-state index contributed by atoms with van der Waals surface area (Å²) in [6.07, 6.45) is 2.69. The first kappa shape index (κ1) is 10.7. The molecule has 0 atom stereocenters. The van der Waals surface area contributed by atoms with Gasteiger partial charge in [0.15, 0.2) is 0 Å². The van der Waals surface area contributed by atoms with Crippen molar-refractivity contribution in [2.45, 2.75) is 19.3 Å². The molecule has 0 unspecified atom stereocenters. The maximum absolute atomic E-state index is 11.0. The molecule has 0 radical (unpaired) electrons. The summed E-state index contributed by atoms with van der Waals surface area (Å²) in [6, 6.07) is 3.80. The molecule has 1 aromatic rings. The van der Waals surface area contributed by atoms with E-state index >= 15 is 0 Å². The van der Waals surface area contributed by atoms with E-state index in [2.05, 4.69) is 4.98 Å². The van der Waals surface area contributed by atoms with Crippen LogP contribution < -0.4 is 4.90 Å². The Hall–Kier alpha value is -1.38. The summed E-state index contributed by atoms with van der Waals surface area (Å²) < 4.78 is 0. The zero-order valence-corrected chi connectivity index (χ0v) is 9.11. The fraction of sp³-hybridized carbons (Fsp3) is 0.455. The van der Waals surface area contributed by atoms with E-state index in [4.69, 9.17) is 0 Å². The van der Waals surface area contributed by atoms with Gasteiger partial charge in [0.2, 0.25) is 0 Å². The highest BCUT2D eigenvalue weighted by atomic mass is 16.1. The van der Waals surface area contributed by atoms with Gasteiger partial charge in [-0.3, -0.25) is 0 Å². The Labute approximate surface area is 84.8 Å². The van der Waals surface area contributed by atoms with E-state index in [9.17, 15) is 4.79 Å². The minimum atomic E-state index is -0.478. The Morgan fingerprint density at radius 2 is 2.07 bits per heavy atom.